The normalized spacial score (nSPS) is 33.4. The maximum atomic E-state index is 9.64. The van der Waals surface area contributed by atoms with E-state index in [0.717, 1.165) is 63.7 Å². The molecule has 6 heteroatoms. The molecule has 1 heterocycles. The maximum Gasteiger partial charge on any atom is 0.0541 e. The first-order valence-electron chi connectivity index (χ1n) is 9.76. The van der Waals surface area contributed by atoms with E-state index in [1.54, 1.807) is 0 Å². The first-order valence-corrected chi connectivity index (χ1v) is 10.9. The monoisotopic (exact) mass is 376 g/mol. The van der Waals surface area contributed by atoms with Gasteiger partial charge in [0.15, 0.2) is 0 Å². The van der Waals surface area contributed by atoms with Gasteiger partial charge in [0.05, 0.1) is 12.1 Å². The average Bonchev–Trinajstić information content (AvgIpc) is 3.28. The predicted octanol–water partition coefficient (Wildman–Crippen LogP) is 3.18. The van der Waals surface area contributed by atoms with E-state index in [-0.39, 0.29) is 6.10 Å². The number of hydrogen-bond donors (Lipinski definition) is 2. The van der Waals surface area contributed by atoms with Crippen molar-refractivity contribution in [2.75, 3.05) is 19.3 Å². The highest BCUT2D eigenvalue weighted by Crippen LogP contribution is 2.40. The largest absolute Gasteiger partial charge is 0.393 e. The minimum absolute atomic E-state index is 0.116. The van der Waals surface area contributed by atoms with E-state index < -0.39 is 0 Å². The van der Waals surface area contributed by atoms with Crippen LogP contribution in [0.5, 0.6) is 0 Å². The van der Waals surface area contributed by atoms with Crippen molar-refractivity contribution >= 4 is 24.4 Å². The van der Waals surface area contributed by atoms with E-state index in [0.29, 0.717) is 18.0 Å². The van der Waals surface area contributed by atoms with Crippen molar-refractivity contribution in [2.45, 2.75) is 63.1 Å². The van der Waals surface area contributed by atoms with E-state index in [2.05, 4.69) is 34.2 Å². The molecule has 0 aromatic carbocycles. The molecule has 144 valence electrons. The molecule has 2 saturated carbocycles. The molecule has 0 radical (unpaired) electrons. The molecule has 1 unspecified atom stereocenters. The van der Waals surface area contributed by atoms with Crippen molar-refractivity contribution in [3.05, 3.63) is 24.0 Å². The Bertz CT molecular complexity index is 572. The fraction of sp³-hybridized carbons (Fsp3) is 0.700. The lowest BCUT2D eigenvalue weighted by molar-refractivity contribution is 0.118. The molecule has 1 saturated heterocycles. The lowest BCUT2D eigenvalue weighted by Crippen LogP contribution is -2.34. The van der Waals surface area contributed by atoms with Crippen molar-refractivity contribution in [2.24, 2.45) is 15.9 Å². The van der Waals surface area contributed by atoms with Crippen molar-refractivity contribution in [3.63, 3.8) is 0 Å². The Kier molecular flexibility index (Phi) is 6.95. The standard InChI is InChI=1S/C20H32N4OS/c1-14(22-15-4-6-17(25)7-5-15)12-18-19(13-21-2)20(18)23-16-8-10-24(26-3)11-9-16/h13,15-18,22,25H,1-2,4-12H2,3H3/b19-13-,23-20-. The molecule has 0 bridgehead atoms. The summed E-state index contributed by atoms with van der Waals surface area (Å²) in [6.07, 6.45) is 10.9. The van der Waals surface area contributed by atoms with Gasteiger partial charge in [0.2, 0.25) is 0 Å². The van der Waals surface area contributed by atoms with Crippen LogP contribution in [0.3, 0.4) is 0 Å². The van der Waals surface area contributed by atoms with Gasteiger partial charge in [0.25, 0.3) is 0 Å². The summed E-state index contributed by atoms with van der Waals surface area (Å²) in [4.78, 5) is 9.00. The van der Waals surface area contributed by atoms with Crippen LogP contribution in [0.15, 0.2) is 34.0 Å². The summed E-state index contributed by atoms with van der Waals surface area (Å²) >= 11 is 1.83. The Labute approximate surface area is 161 Å². The highest BCUT2D eigenvalue weighted by molar-refractivity contribution is 7.96. The minimum atomic E-state index is -0.116. The molecule has 2 N–H and O–H groups in total. The molecule has 1 atom stereocenters. The Morgan fingerprint density at radius 2 is 1.96 bits per heavy atom. The Hall–Kier alpha value is -1.11. The van der Waals surface area contributed by atoms with Crippen molar-refractivity contribution in [3.8, 4) is 0 Å². The van der Waals surface area contributed by atoms with Crippen LogP contribution < -0.4 is 5.32 Å². The lowest BCUT2D eigenvalue weighted by atomic mass is 9.93. The molecule has 3 aliphatic rings. The second-order valence-electron chi connectivity index (χ2n) is 7.63. The van der Waals surface area contributed by atoms with E-state index in [1.807, 2.05) is 18.1 Å². The zero-order valence-electron chi connectivity index (χ0n) is 15.9. The second kappa shape index (κ2) is 9.20. The molecule has 0 amide bonds. The van der Waals surface area contributed by atoms with Gasteiger partial charge in [-0.25, -0.2) is 0 Å². The van der Waals surface area contributed by atoms with Crippen LogP contribution in [0.4, 0.5) is 0 Å². The Morgan fingerprint density at radius 3 is 2.58 bits per heavy atom. The second-order valence-corrected chi connectivity index (χ2v) is 8.52. The summed E-state index contributed by atoms with van der Waals surface area (Å²) in [5, 5.41) is 13.2. The van der Waals surface area contributed by atoms with Gasteiger partial charge in [0.1, 0.15) is 0 Å². The third kappa shape index (κ3) is 5.21. The van der Waals surface area contributed by atoms with Gasteiger partial charge in [-0.1, -0.05) is 18.5 Å². The van der Waals surface area contributed by atoms with Gasteiger partial charge in [0, 0.05) is 48.2 Å². The number of nitrogens with zero attached hydrogens (tertiary/aromatic N) is 3. The third-order valence-electron chi connectivity index (χ3n) is 5.71. The SMILES string of the molecule is C=N/C=C1\C(=N/C2CCN(SC)CC2)C1CC(=C)NC1CCC(O)CC1. The topological polar surface area (TPSA) is 60.2 Å². The Morgan fingerprint density at radius 1 is 1.27 bits per heavy atom. The predicted molar refractivity (Wildman–Crippen MR) is 112 cm³/mol. The summed E-state index contributed by atoms with van der Waals surface area (Å²) in [6.45, 7) is 10.1. The van der Waals surface area contributed by atoms with Crippen molar-refractivity contribution in [1.82, 2.24) is 9.62 Å². The minimum Gasteiger partial charge on any atom is -0.393 e. The zero-order chi connectivity index (χ0) is 18.5. The van der Waals surface area contributed by atoms with E-state index in [9.17, 15) is 5.11 Å². The van der Waals surface area contributed by atoms with Crippen LogP contribution in [0.2, 0.25) is 0 Å². The summed E-state index contributed by atoms with van der Waals surface area (Å²) in [5.74, 6) is 0.355. The van der Waals surface area contributed by atoms with Crippen LogP contribution in [-0.2, 0) is 0 Å². The van der Waals surface area contributed by atoms with Gasteiger partial charge in [-0.05, 0) is 57.9 Å². The van der Waals surface area contributed by atoms with Gasteiger partial charge >= 0.3 is 0 Å². The molecule has 26 heavy (non-hydrogen) atoms. The smallest absolute Gasteiger partial charge is 0.0541 e. The molecule has 0 aromatic heterocycles. The summed E-state index contributed by atoms with van der Waals surface area (Å²) < 4.78 is 2.41. The van der Waals surface area contributed by atoms with Crippen LogP contribution in [-0.4, -0.2) is 59.4 Å². The number of hydrogen-bond acceptors (Lipinski definition) is 6. The molecular weight excluding hydrogens is 344 g/mol. The van der Waals surface area contributed by atoms with Crippen LogP contribution >= 0.6 is 11.9 Å². The number of aliphatic imine (C=N–C) groups is 2. The lowest BCUT2D eigenvalue weighted by Gasteiger charge is -2.28. The molecule has 5 nitrogen and oxygen atoms in total. The average molecular weight is 377 g/mol. The number of allylic oxidation sites excluding steroid dienone is 2. The number of rotatable bonds is 7. The van der Waals surface area contributed by atoms with Crippen molar-refractivity contribution < 1.29 is 5.11 Å². The first-order chi connectivity index (χ1) is 12.6. The molecule has 2 aliphatic carbocycles. The van der Waals surface area contributed by atoms with E-state index in [1.165, 1.54) is 11.3 Å². The van der Waals surface area contributed by atoms with Gasteiger partial charge in [-0.2, -0.15) is 0 Å². The van der Waals surface area contributed by atoms with Crippen molar-refractivity contribution in [1.29, 1.82) is 0 Å². The van der Waals surface area contributed by atoms with Gasteiger partial charge in [-0.15, -0.1) is 0 Å². The van der Waals surface area contributed by atoms with Gasteiger partial charge < -0.3 is 10.4 Å². The number of nitrogens with one attached hydrogen (secondary N) is 1. The van der Waals surface area contributed by atoms with E-state index >= 15 is 0 Å². The van der Waals surface area contributed by atoms with Crippen LogP contribution in [0.1, 0.15) is 44.9 Å². The van der Waals surface area contributed by atoms with Crippen LogP contribution in [0, 0.1) is 5.92 Å². The van der Waals surface area contributed by atoms with E-state index in [4.69, 9.17) is 4.99 Å². The third-order valence-corrected chi connectivity index (χ3v) is 6.59. The highest BCUT2D eigenvalue weighted by atomic mass is 32.2. The maximum absolute atomic E-state index is 9.64. The Balaban J connectivity index is 1.51. The summed E-state index contributed by atoms with van der Waals surface area (Å²) in [6, 6.07) is 0.888. The fourth-order valence-corrected chi connectivity index (χ4v) is 4.64. The summed E-state index contributed by atoms with van der Waals surface area (Å²) in [5.41, 5.74) is 3.52. The number of aliphatic hydroxyl groups excluding tert-OH is 1. The number of aliphatic hydroxyl groups is 1. The first kappa shape index (κ1) is 19.6. The van der Waals surface area contributed by atoms with Crippen LogP contribution in [0.25, 0.3) is 0 Å². The molecule has 3 fully saturated rings. The summed E-state index contributed by atoms with van der Waals surface area (Å²) in [7, 11) is 0. The molecule has 1 aliphatic heterocycles. The van der Waals surface area contributed by atoms with Gasteiger partial charge in [-0.3, -0.25) is 14.3 Å². The quantitative estimate of drug-likeness (QED) is 0.529. The molecule has 0 aromatic rings. The fourth-order valence-electron chi connectivity index (χ4n) is 4.06. The zero-order valence-corrected chi connectivity index (χ0v) is 16.7. The molecule has 3 rings (SSSR count). The highest BCUT2D eigenvalue weighted by Gasteiger charge is 2.40. The molecular formula is C20H32N4OS. The number of piperidine rings is 1. The molecule has 0 spiro atoms.